The van der Waals surface area contributed by atoms with Crippen molar-refractivity contribution >= 4 is 22.2 Å². The monoisotopic (exact) mass is 323 g/mol. The van der Waals surface area contributed by atoms with E-state index in [1.165, 1.54) is 31.1 Å². The molecule has 104 valence electrons. The summed E-state index contributed by atoms with van der Waals surface area (Å²) in [7, 11) is 2.11. The van der Waals surface area contributed by atoms with Crippen molar-refractivity contribution in [2.75, 3.05) is 13.6 Å². The van der Waals surface area contributed by atoms with Gasteiger partial charge >= 0.3 is 0 Å². The molecule has 1 saturated carbocycles. The number of hydrogen-bond donors (Lipinski definition) is 0. The van der Waals surface area contributed by atoms with Crippen molar-refractivity contribution in [3.63, 3.8) is 0 Å². The number of halogens is 1. The maximum absolute atomic E-state index is 11.5. The molecule has 0 atom stereocenters. The van der Waals surface area contributed by atoms with Crippen LogP contribution in [0.4, 0.5) is 0 Å². The molecule has 2 nitrogen and oxygen atoms in total. The van der Waals surface area contributed by atoms with Crippen molar-refractivity contribution < 1.29 is 4.79 Å². The number of carbonyl (C=O) groups excluding carboxylic acids is 1. The van der Waals surface area contributed by atoms with Crippen molar-refractivity contribution in [2.45, 2.75) is 38.6 Å². The minimum Gasteiger partial charge on any atom is -0.303 e. The summed E-state index contributed by atoms with van der Waals surface area (Å²) in [5.41, 5.74) is 1.18. The molecule has 0 heterocycles. The van der Waals surface area contributed by atoms with E-state index in [9.17, 15) is 4.79 Å². The molecule has 1 fully saturated rings. The molecule has 0 bridgehead atoms. The predicted molar refractivity (Wildman–Crippen MR) is 82.1 cm³/mol. The van der Waals surface area contributed by atoms with Gasteiger partial charge in [0.05, 0.1) is 0 Å². The number of hydrogen-bond acceptors (Lipinski definition) is 2. The van der Waals surface area contributed by atoms with Gasteiger partial charge in [0.25, 0.3) is 0 Å². The Bertz CT molecular complexity index is 427. The predicted octanol–water partition coefficient (Wildman–Crippen LogP) is 4.03. The van der Waals surface area contributed by atoms with Crippen LogP contribution >= 0.6 is 15.9 Å². The number of benzene rings is 1. The smallest absolute Gasteiger partial charge is 0.127 e. The molecule has 0 unspecified atom stereocenters. The maximum atomic E-state index is 11.5. The molecule has 0 amide bonds. The lowest BCUT2D eigenvalue weighted by atomic mass is 9.75. The summed E-state index contributed by atoms with van der Waals surface area (Å²) in [5.74, 6) is 0. The van der Waals surface area contributed by atoms with Gasteiger partial charge in [0, 0.05) is 23.0 Å². The summed E-state index contributed by atoms with van der Waals surface area (Å²) in [6.07, 6.45) is 6.99. The first kappa shape index (κ1) is 14.7. The van der Waals surface area contributed by atoms with Crippen LogP contribution in [0.1, 0.15) is 37.7 Å². The normalized spacial score (nSPS) is 18.5. The van der Waals surface area contributed by atoms with Crippen molar-refractivity contribution in [1.82, 2.24) is 4.90 Å². The zero-order valence-corrected chi connectivity index (χ0v) is 13.2. The maximum Gasteiger partial charge on any atom is 0.127 e. The fourth-order valence-electron chi connectivity index (χ4n) is 3.08. The molecule has 2 rings (SSSR count). The van der Waals surface area contributed by atoms with E-state index in [2.05, 4.69) is 46.1 Å². The summed E-state index contributed by atoms with van der Waals surface area (Å²) >= 11 is 3.58. The number of aldehydes is 1. The van der Waals surface area contributed by atoms with Crippen LogP contribution in [0.5, 0.6) is 0 Å². The quantitative estimate of drug-likeness (QED) is 0.762. The van der Waals surface area contributed by atoms with Gasteiger partial charge in [-0.15, -0.1) is 0 Å². The lowest BCUT2D eigenvalue weighted by Crippen LogP contribution is -2.38. The Morgan fingerprint density at radius 3 is 2.58 bits per heavy atom. The average molecular weight is 324 g/mol. The third kappa shape index (κ3) is 3.90. The van der Waals surface area contributed by atoms with Crippen LogP contribution in [-0.2, 0) is 11.3 Å². The van der Waals surface area contributed by atoms with Crippen LogP contribution in [0.2, 0.25) is 0 Å². The molecular weight excluding hydrogens is 302 g/mol. The van der Waals surface area contributed by atoms with E-state index in [4.69, 9.17) is 0 Å². The van der Waals surface area contributed by atoms with Gasteiger partial charge in [0.1, 0.15) is 6.29 Å². The molecule has 0 aromatic heterocycles. The molecule has 0 aliphatic heterocycles. The van der Waals surface area contributed by atoms with E-state index in [1.54, 1.807) is 0 Å². The lowest BCUT2D eigenvalue weighted by Gasteiger charge is -2.35. The third-order valence-electron chi connectivity index (χ3n) is 4.08. The first-order chi connectivity index (χ1) is 9.15. The van der Waals surface area contributed by atoms with Crippen LogP contribution in [0.15, 0.2) is 28.7 Å². The van der Waals surface area contributed by atoms with Gasteiger partial charge in [-0.3, -0.25) is 0 Å². The number of rotatable bonds is 5. The molecule has 1 aliphatic rings. The van der Waals surface area contributed by atoms with Gasteiger partial charge in [-0.1, -0.05) is 53.4 Å². The van der Waals surface area contributed by atoms with Gasteiger partial charge in [-0.05, 0) is 31.5 Å². The highest BCUT2D eigenvalue weighted by Crippen LogP contribution is 2.35. The first-order valence-electron chi connectivity index (χ1n) is 7.03. The largest absolute Gasteiger partial charge is 0.303 e. The fourth-order valence-corrected chi connectivity index (χ4v) is 3.49. The van der Waals surface area contributed by atoms with E-state index in [0.717, 1.165) is 30.4 Å². The number of carbonyl (C=O) groups is 1. The molecule has 1 aliphatic carbocycles. The second kappa shape index (κ2) is 6.67. The molecule has 1 aromatic rings. The zero-order chi connectivity index (χ0) is 13.7. The highest BCUT2D eigenvalue weighted by molar-refractivity contribution is 9.10. The summed E-state index contributed by atoms with van der Waals surface area (Å²) < 4.78 is 1.14. The van der Waals surface area contributed by atoms with Crippen LogP contribution in [-0.4, -0.2) is 24.8 Å². The Hall–Kier alpha value is -0.670. The van der Waals surface area contributed by atoms with Crippen molar-refractivity contribution in [3.8, 4) is 0 Å². The fraction of sp³-hybridized carbons (Fsp3) is 0.562. The SMILES string of the molecule is CN(Cc1ccccc1Br)CC1(C=O)CCCCC1. The summed E-state index contributed by atoms with van der Waals surface area (Å²) in [4.78, 5) is 13.8. The van der Waals surface area contributed by atoms with Crippen LogP contribution in [0.3, 0.4) is 0 Å². The summed E-state index contributed by atoms with van der Waals surface area (Å²) in [5, 5.41) is 0. The molecular formula is C16H22BrNO. The van der Waals surface area contributed by atoms with E-state index >= 15 is 0 Å². The number of nitrogens with zero attached hydrogens (tertiary/aromatic N) is 1. The first-order valence-corrected chi connectivity index (χ1v) is 7.83. The molecule has 0 N–H and O–H groups in total. The van der Waals surface area contributed by atoms with Gasteiger partial charge in [-0.25, -0.2) is 0 Å². The van der Waals surface area contributed by atoms with E-state index in [-0.39, 0.29) is 5.41 Å². The Kier molecular flexibility index (Phi) is 5.17. The van der Waals surface area contributed by atoms with E-state index in [0.29, 0.717) is 0 Å². The van der Waals surface area contributed by atoms with E-state index in [1.807, 2.05) is 6.07 Å². The highest BCUT2D eigenvalue weighted by Gasteiger charge is 2.32. The molecule has 19 heavy (non-hydrogen) atoms. The molecule has 3 heteroatoms. The second-order valence-corrected chi connectivity index (χ2v) is 6.66. The molecule has 0 spiro atoms. The minimum atomic E-state index is -0.103. The second-order valence-electron chi connectivity index (χ2n) is 5.80. The van der Waals surface area contributed by atoms with Crippen LogP contribution in [0.25, 0.3) is 0 Å². The topological polar surface area (TPSA) is 20.3 Å². The molecule has 0 radical (unpaired) electrons. The van der Waals surface area contributed by atoms with Crippen molar-refractivity contribution in [2.24, 2.45) is 5.41 Å². The Labute approximate surface area is 124 Å². The standard InChI is InChI=1S/C16H22BrNO/c1-18(11-14-7-3-4-8-15(14)17)12-16(13-19)9-5-2-6-10-16/h3-4,7-8,13H,2,5-6,9-12H2,1H3. The van der Waals surface area contributed by atoms with Gasteiger partial charge in [-0.2, -0.15) is 0 Å². The van der Waals surface area contributed by atoms with Gasteiger partial charge in [0.15, 0.2) is 0 Å². The van der Waals surface area contributed by atoms with Crippen molar-refractivity contribution in [1.29, 1.82) is 0 Å². The van der Waals surface area contributed by atoms with Gasteiger partial charge in [0.2, 0.25) is 0 Å². The Balaban J connectivity index is 1.98. The Morgan fingerprint density at radius 2 is 1.95 bits per heavy atom. The third-order valence-corrected chi connectivity index (χ3v) is 4.86. The van der Waals surface area contributed by atoms with Crippen LogP contribution < -0.4 is 0 Å². The summed E-state index contributed by atoms with van der Waals surface area (Å²) in [6, 6.07) is 8.29. The minimum absolute atomic E-state index is 0.103. The van der Waals surface area contributed by atoms with E-state index < -0.39 is 0 Å². The van der Waals surface area contributed by atoms with Gasteiger partial charge < -0.3 is 9.69 Å². The average Bonchev–Trinajstić information content (AvgIpc) is 2.42. The Morgan fingerprint density at radius 1 is 1.26 bits per heavy atom. The lowest BCUT2D eigenvalue weighted by molar-refractivity contribution is -0.119. The zero-order valence-electron chi connectivity index (χ0n) is 11.6. The molecule has 0 saturated heterocycles. The summed E-state index contributed by atoms with van der Waals surface area (Å²) in [6.45, 7) is 1.76. The van der Waals surface area contributed by atoms with Crippen LogP contribution in [0, 0.1) is 5.41 Å². The molecule has 1 aromatic carbocycles. The highest BCUT2D eigenvalue weighted by atomic mass is 79.9. The van der Waals surface area contributed by atoms with Crippen molar-refractivity contribution in [3.05, 3.63) is 34.3 Å².